The van der Waals surface area contributed by atoms with Gasteiger partial charge in [0.05, 0.1) is 26.2 Å². The molecule has 0 spiro atoms. The highest BCUT2D eigenvalue weighted by molar-refractivity contribution is 6.00. The smallest absolute Gasteiger partial charge is 0.408 e. The van der Waals surface area contributed by atoms with Crippen LogP contribution in [0.15, 0.2) is 0 Å². The Morgan fingerprint density at radius 1 is 0.944 bits per heavy atom. The predicted molar refractivity (Wildman–Crippen MR) is 126 cm³/mol. The van der Waals surface area contributed by atoms with Crippen LogP contribution in [0.25, 0.3) is 0 Å². The van der Waals surface area contributed by atoms with Gasteiger partial charge < -0.3 is 14.8 Å². The largest absolute Gasteiger partial charge is 0.444 e. The molecule has 3 unspecified atom stereocenters. The third-order valence-corrected chi connectivity index (χ3v) is 5.99. The van der Waals surface area contributed by atoms with E-state index in [2.05, 4.69) is 10.6 Å². The molecule has 0 aromatic carbocycles. The SMILES string of the molecule is CCCC(NC(=O)OC(C)(C)C)C(=O)OCN1C(=O)CN(C(C)C(C)N2CC(=O)NC(=O)C2)CC1=O. The third kappa shape index (κ3) is 8.26. The number of ether oxygens (including phenoxy) is 2. The number of nitrogens with one attached hydrogen (secondary N) is 2. The molecule has 0 aliphatic carbocycles. The molecule has 0 radical (unpaired) electrons. The van der Waals surface area contributed by atoms with Gasteiger partial charge in [0.25, 0.3) is 0 Å². The number of piperazine rings is 2. The quantitative estimate of drug-likeness (QED) is 0.308. The highest BCUT2D eigenvalue weighted by Crippen LogP contribution is 2.16. The van der Waals surface area contributed by atoms with Crippen LogP contribution in [0.3, 0.4) is 0 Å². The lowest BCUT2D eigenvalue weighted by atomic mass is 10.1. The maximum absolute atomic E-state index is 12.7. The van der Waals surface area contributed by atoms with Gasteiger partial charge in [-0.05, 0) is 41.0 Å². The number of hydrogen-bond acceptors (Lipinski definition) is 10. The summed E-state index contributed by atoms with van der Waals surface area (Å²) in [5.74, 6) is -2.66. The van der Waals surface area contributed by atoms with Crippen LogP contribution in [-0.2, 0) is 33.4 Å². The van der Waals surface area contributed by atoms with Gasteiger partial charge in [0, 0.05) is 12.1 Å². The fraction of sp³-hybridized carbons (Fsp3) is 0.739. The number of carbonyl (C=O) groups excluding carboxylic acids is 6. The summed E-state index contributed by atoms with van der Waals surface area (Å²) in [6, 6.07) is -1.58. The minimum Gasteiger partial charge on any atom is -0.444 e. The first-order valence-electron chi connectivity index (χ1n) is 12.0. The average molecular weight is 512 g/mol. The van der Waals surface area contributed by atoms with Crippen LogP contribution in [0, 0.1) is 0 Å². The first-order chi connectivity index (χ1) is 16.7. The van der Waals surface area contributed by atoms with Gasteiger partial charge in [-0.1, -0.05) is 13.3 Å². The van der Waals surface area contributed by atoms with Crippen LogP contribution in [-0.4, -0.2) is 107 Å². The van der Waals surface area contributed by atoms with Crippen molar-refractivity contribution in [3.8, 4) is 0 Å². The molecule has 202 valence electrons. The van der Waals surface area contributed by atoms with Crippen molar-refractivity contribution in [1.29, 1.82) is 0 Å². The molecule has 2 saturated heterocycles. The minimum absolute atomic E-state index is 0.0469. The van der Waals surface area contributed by atoms with Crippen molar-refractivity contribution in [2.45, 2.75) is 78.1 Å². The molecular formula is C23H37N5O8. The Hall–Kier alpha value is -3.06. The van der Waals surface area contributed by atoms with Crippen molar-refractivity contribution >= 4 is 35.7 Å². The second-order valence-corrected chi connectivity index (χ2v) is 10.1. The number of nitrogens with zero attached hydrogens (tertiary/aromatic N) is 3. The van der Waals surface area contributed by atoms with Gasteiger partial charge in [0.1, 0.15) is 11.6 Å². The van der Waals surface area contributed by atoms with E-state index in [-0.39, 0.29) is 38.3 Å². The molecule has 36 heavy (non-hydrogen) atoms. The molecule has 0 bridgehead atoms. The van der Waals surface area contributed by atoms with E-state index in [1.807, 2.05) is 20.8 Å². The summed E-state index contributed by atoms with van der Waals surface area (Å²) in [5, 5.41) is 4.71. The van der Waals surface area contributed by atoms with Crippen LogP contribution < -0.4 is 10.6 Å². The first-order valence-corrected chi connectivity index (χ1v) is 12.0. The number of hydrogen-bond donors (Lipinski definition) is 2. The van der Waals surface area contributed by atoms with E-state index >= 15 is 0 Å². The molecule has 2 rings (SSSR count). The highest BCUT2D eigenvalue weighted by Gasteiger charge is 2.38. The number of carbonyl (C=O) groups is 6. The van der Waals surface area contributed by atoms with E-state index in [1.165, 1.54) is 0 Å². The first kappa shape index (κ1) is 29.2. The van der Waals surface area contributed by atoms with Crippen molar-refractivity contribution in [3.63, 3.8) is 0 Å². The van der Waals surface area contributed by atoms with Gasteiger partial charge in [-0.2, -0.15) is 0 Å². The molecule has 0 aromatic rings. The molecule has 0 saturated carbocycles. The van der Waals surface area contributed by atoms with Crippen molar-refractivity contribution in [2.75, 3.05) is 32.9 Å². The number of amides is 5. The second kappa shape index (κ2) is 12.3. The molecular weight excluding hydrogens is 474 g/mol. The van der Waals surface area contributed by atoms with Gasteiger partial charge >= 0.3 is 12.1 Å². The van der Waals surface area contributed by atoms with E-state index in [4.69, 9.17) is 9.47 Å². The standard InChI is InChI=1S/C23H37N5O8/c1-7-8-16(24-22(34)36-23(4,5)6)21(33)35-13-28-19(31)11-27(12-20(28)32)15(3)14(2)26-9-17(29)25-18(30)10-26/h14-16H,7-13H2,1-6H3,(H,24,34)(H,25,29,30). The Morgan fingerprint density at radius 2 is 1.44 bits per heavy atom. The Kier molecular flexibility index (Phi) is 9.93. The summed E-state index contributed by atoms with van der Waals surface area (Å²) in [6.07, 6.45) is 0.0988. The number of esters is 1. The molecule has 2 fully saturated rings. The van der Waals surface area contributed by atoms with Crippen LogP contribution in [0.4, 0.5) is 4.79 Å². The molecule has 13 heteroatoms. The fourth-order valence-corrected chi connectivity index (χ4v) is 3.92. The van der Waals surface area contributed by atoms with E-state index in [1.54, 1.807) is 30.6 Å². The topological polar surface area (TPSA) is 155 Å². The Balaban J connectivity index is 1.93. The second-order valence-electron chi connectivity index (χ2n) is 10.1. The van der Waals surface area contributed by atoms with Crippen molar-refractivity contribution < 1.29 is 38.2 Å². The predicted octanol–water partition coefficient (Wildman–Crippen LogP) is -0.413. The van der Waals surface area contributed by atoms with Crippen LogP contribution in [0.5, 0.6) is 0 Å². The number of imide groups is 2. The lowest BCUT2D eigenvalue weighted by Gasteiger charge is -2.42. The van der Waals surface area contributed by atoms with Gasteiger partial charge in [0.2, 0.25) is 23.6 Å². The number of rotatable bonds is 9. The Morgan fingerprint density at radius 3 is 1.92 bits per heavy atom. The molecule has 2 N–H and O–H groups in total. The minimum atomic E-state index is -0.985. The van der Waals surface area contributed by atoms with Gasteiger partial charge in [-0.15, -0.1) is 0 Å². The maximum Gasteiger partial charge on any atom is 0.408 e. The van der Waals surface area contributed by atoms with Gasteiger partial charge in [0.15, 0.2) is 6.73 Å². The average Bonchev–Trinajstić information content (AvgIpc) is 2.75. The Bertz CT molecular complexity index is 852. The molecule has 0 aromatic heterocycles. The summed E-state index contributed by atoms with van der Waals surface area (Å²) in [7, 11) is 0. The van der Waals surface area contributed by atoms with Crippen molar-refractivity contribution in [1.82, 2.24) is 25.3 Å². The van der Waals surface area contributed by atoms with Crippen LogP contribution in [0.1, 0.15) is 54.4 Å². The lowest BCUT2D eigenvalue weighted by molar-refractivity contribution is -0.166. The fourth-order valence-electron chi connectivity index (χ4n) is 3.92. The van der Waals surface area contributed by atoms with Gasteiger partial charge in [-0.25, -0.2) is 14.5 Å². The van der Waals surface area contributed by atoms with Crippen molar-refractivity contribution in [2.24, 2.45) is 0 Å². The van der Waals surface area contributed by atoms with E-state index in [0.29, 0.717) is 12.8 Å². The van der Waals surface area contributed by atoms with E-state index in [0.717, 1.165) is 4.90 Å². The summed E-state index contributed by atoms with van der Waals surface area (Å²) in [6.45, 7) is 9.89. The molecule has 2 aliphatic heterocycles. The summed E-state index contributed by atoms with van der Waals surface area (Å²) in [5.41, 5.74) is -0.742. The molecule has 2 heterocycles. The maximum atomic E-state index is 12.7. The lowest BCUT2D eigenvalue weighted by Crippen LogP contribution is -2.62. The van der Waals surface area contributed by atoms with E-state index in [9.17, 15) is 28.8 Å². The Labute approximate surface area is 210 Å². The van der Waals surface area contributed by atoms with Crippen molar-refractivity contribution in [3.05, 3.63) is 0 Å². The number of alkyl carbamates (subject to hydrolysis) is 1. The molecule has 13 nitrogen and oxygen atoms in total. The molecule has 2 aliphatic rings. The molecule has 3 atom stereocenters. The summed E-state index contributed by atoms with van der Waals surface area (Å²) >= 11 is 0. The normalized spacial score (nSPS) is 20.4. The zero-order valence-corrected chi connectivity index (χ0v) is 21.8. The van der Waals surface area contributed by atoms with Gasteiger partial charge in [-0.3, -0.25) is 34.3 Å². The monoisotopic (exact) mass is 511 g/mol. The van der Waals surface area contributed by atoms with Crippen LogP contribution >= 0.6 is 0 Å². The molecule has 5 amide bonds. The summed E-state index contributed by atoms with van der Waals surface area (Å²) in [4.78, 5) is 77.7. The summed E-state index contributed by atoms with van der Waals surface area (Å²) < 4.78 is 10.4. The highest BCUT2D eigenvalue weighted by atomic mass is 16.6. The van der Waals surface area contributed by atoms with Crippen LogP contribution in [0.2, 0.25) is 0 Å². The third-order valence-electron chi connectivity index (χ3n) is 5.99. The van der Waals surface area contributed by atoms with E-state index < -0.39 is 54.1 Å². The zero-order valence-electron chi connectivity index (χ0n) is 21.8. The zero-order chi connectivity index (χ0) is 27.2.